The topological polar surface area (TPSA) is 47.1 Å². The monoisotopic (exact) mass is 404 g/mol. The van der Waals surface area contributed by atoms with Crippen molar-refractivity contribution in [1.82, 2.24) is 9.97 Å². The number of hydrogen-bond donors (Lipinski definition) is 1. The van der Waals surface area contributed by atoms with E-state index in [1.165, 1.54) is 0 Å². The summed E-state index contributed by atoms with van der Waals surface area (Å²) in [6.07, 6.45) is 0.0795. The highest BCUT2D eigenvalue weighted by molar-refractivity contribution is 5.78. The first kappa shape index (κ1) is 19.8. The fourth-order valence-corrected chi connectivity index (χ4v) is 3.98. The SMILES string of the molecule is COc1cnc2[nH]c(C(CC3CCOCC3)c3ccc(C(F)(F)F)cc3)cc2c1. The summed E-state index contributed by atoms with van der Waals surface area (Å²) in [6.45, 7) is 1.46. The molecule has 1 fully saturated rings. The molecule has 0 saturated carbocycles. The number of aromatic nitrogens is 2. The Morgan fingerprint density at radius 2 is 1.90 bits per heavy atom. The highest BCUT2D eigenvalue weighted by Crippen LogP contribution is 2.37. The van der Waals surface area contributed by atoms with Gasteiger partial charge in [-0.15, -0.1) is 0 Å². The Morgan fingerprint density at radius 3 is 2.55 bits per heavy atom. The van der Waals surface area contributed by atoms with Gasteiger partial charge < -0.3 is 14.5 Å². The standard InChI is InChI=1S/C22H23F3N2O2/c1-28-18-11-16-12-20(27-21(16)26-13-18)19(10-14-6-8-29-9-7-14)15-2-4-17(5-3-15)22(23,24)25/h2-5,11-14,19H,6-10H2,1H3,(H,26,27). The maximum atomic E-state index is 13.0. The number of nitrogens with zero attached hydrogens (tertiary/aromatic N) is 1. The van der Waals surface area contributed by atoms with Gasteiger partial charge in [-0.3, -0.25) is 0 Å². The van der Waals surface area contributed by atoms with Gasteiger partial charge in [0, 0.05) is 30.2 Å². The minimum Gasteiger partial charge on any atom is -0.495 e. The number of fused-ring (bicyclic) bond motifs is 1. The van der Waals surface area contributed by atoms with Crippen LogP contribution in [0.1, 0.15) is 42.0 Å². The number of aromatic amines is 1. The van der Waals surface area contributed by atoms with Gasteiger partial charge >= 0.3 is 6.18 Å². The van der Waals surface area contributed by atoms with Crippen LogP contribution in [0, 0.1) is 5.92 Å². The van der Waals surface area contributed by atoms with Crippen molar-refractivity contribution in [2.75, 3.05) is 20.3 Å². The number of nitrogens with one attached hydrogen (secondary N) is 1. The third-order valence-electron chi connectivity index (χ3n) is 5.63. The number of halogens is 3. The molecule has 0 radical (unpaired) electrons. The summed E-state index contributed by atoms with van der Waals surface area (Å²) < 4.78 is 49.7. The third kappa shape index (κ3) is 4.40. The van der Waals surface area contributed by atoms with Crippen LogP contribution in [0.25, 0.3) is 11.0 Å². The molecular formula is C22H23F3N2O2. The molecule has 1 aromatic carbocycles. The Hall–Kier alpha value is -2.54. The molecule has 1 N–H and O–H groups in total. The minimum absolute atomic E-state index is 0.0411. The fourth-order valence-electron chi connectivity index (χ4n) is 3.98. The first-order valence-corrected chi connectivity index (χ1v) is 9.71. The number of ether oxygens (including phenoxy) is 2. The van der Waals surface area contributed by atoms with E-state index in [4.69, 9.17) is 9.47 Å². The van der Waals surface area contributed by atoms with Crippen LogP contribution in [0.5, 0.6) is 5.75 Å². The van der Waals surface area contributed by atoms with E-state index in [2.05, 4.69) is 9.97 Å². The van der Waals surface area contributed by atoms with Crippen LogP contribution in [-0.4, -0.2) is 30.3 Å². The predicted molar refractivity (Wildman–Crippen MR) is 104 cm³/mol. The molecule has 0 amide bonds. The molecule has 0 aliphatic carbocycles. The molecular weight excluding hydrogens is 381 g/mol. The van der Waals surface area contributed by atoms with Gasteiger partial charge in [-0.2, -0.15) is 13.2 Å². The van der Waals surface area contributed by atoms with Crippen molar-refractivity contribution in [3.63, 3.8) is 0 Å². The van der Waals surface area contributed by atoms with Gasteiger partial charge in [-0.05, 0) is 55.0 Å². The molecule has 1 unspecified atom stereocenters. The smallest absolute Gasteiger partial charge is 0.416 e. The van der Waals surface area contributed by atoms with Crippen LogP contribution in [0.2, 0.25) is 0 Å². The molecule has 1 atom stereocenters. The molecule has 29 heavy (non-hydrogen) atoms. The lowest BCUT2D eigenvalue weighted by Gasteiger charge is -2.27. The van der Waals surface area contributed by atoms with Crippen LogP contribution in [0.4, 0.5) is 13.2 Å². The van der Waals surface area contributed by atoms with Crippen LogP contribution >= 0.6 is 0 Å². The lowest BCUT2D eigenvalue weighted by molar-refractivity contribution is -0.137. The highest BCUT2D eigenvalue weighted by Gasteiger charge is 2.31. The molecule has 1 aliphatic rings. The summed E-state index contributed by atoms with van der Waals surface area (Å²) in [5.41, 5.74) is 1.92. The van der Waals surface area contributed by atoms with E-state index < -0.39 is 11.7 Å². The lowest BCUT2D eigenvalue weighted by atomic mass is 9.83. The maximum absolute atomic E-state index is 13.0. The molecule has 3 aromatic rings. The largest absolute Gasteiger partial charge is 0.495 e. The number of alkyl halides is 3. The van der Waals surface area contributed by atoms with E-state index in [1.54, 1.807) is 25.4 Å². The number of H-pyrrole nitrogens is 1. The lowest BCUT2D eigenvalue weighted by Crippen LogP contribution is -2.19. The average Bonchev–Trinajstić information content (AvgIpc) is 3.15. The zero-order chi connectivity index (χ0) is 20.4. The van der Waals surface area contributed by atoms with Crippen LogP contribution in [-0.2, 0) is 10.9 Å². The summed E-state index contributed by atoms with van der Waals surface area (Å²) >= 11 is 0. The van der Waals surface area contributed by atoms with Crippen LogP contribution < -0.4 is 4.74 Å². The van der Waals surface area contributed by atoms with Crippen molar-refractivity contribution in [2.45, 2.75) is 31.4 Å². The predicted octanol–water partition coefficient (Wildman–Crippen LogP) is 5.54. The van der Waals surface area contributed by atoms with Crippen molar-refractivity contribution < 1.29 is 22.6 Å². The van der Waals surface area contributed by atoms with Gasteiger partial charge in [0.2, 0.25) is 0 Å². The normalized spacial score (nSPS) is 16.8. The van der Waals surface area contributed by atoms with E-state index in [9.17, 15) is 13.2 Å². The van der Waals surface area contributed by atoms with Crippen molar-refractivity contribution in [3.8, 4) is 5.75 Å². The van der Waals surface area contributed by atoms with E-state index in [1.807, 2.05) is 12.1 Å². The highest BCUT2D eigenvalue weighted by atomic mass is 19.4. The van der Waals surface area contributed by atoms with Gasteiger partial charge in [0.15, 0.2) is 0 Å². The van der Waals surface area contributed by atoms with E-state index in [0.29, 0.717) is 11.7 Å². The number of methoxy groups -OCH3 is 1. The number of hydrogen-bond acceptors (Lipinski definition) is 3. The molecule has 2 aromatic heterocycles. The first-order chi connectivity index (χ1) is 13.9. The molecule has 0 spiro atoms. The molecule has 4 rings (SSSR count). The summed E-state index contributed by atoms with van der Waals surface area (Å²) in [5.74, 6) is 1.09. The third-order valence-corrected chi connectivity index (χ3v) is 5.63. The Labute approximate surface area is 167 Å². The Bertz CT molecular complexity index is 960. The molecule has 4 nitrogen and oxygen atoms in total. The van der Waals surface area contributed by atoms with Gasteiger partial charge in [-0.1, -0.05) is 12.1 Å². The van der Waals surface area contributed by atoms with E-state index >= 15 is 0 Å². The van der Waals surface area contributed by atoms with Gasteiger partial charge in [0.1, 0.15) is 11.4 Å². The molecule has 1 saturated heterocycles. The van der Waals surface area contributed by atoms with E-state index in [-0.39, 0.29) is 5.92 Å². The van der Waals surface area contributed by atoms with Crippen molar-refractivity contribution >= 4 is 11.0 Å². The number of benzene rings is 1. The summed E-state index contributed by atoms with van der Waals surface area (Å²) in [7, 11) is 1.59. The second-order valence-corrected chi connectivity index (χ2v) is 7.50. The molecule has 3 heterocycles. The van der Waals surface area contributed by atoms with Crippen molar-refractivity contribution in [1.29, 1.82) is 0 Å². The van der Waals surface area contributed by atoms with Crippen molar-refractivity contribution in [3.05, 3.63) is 59.4 Å². The summed E-state index contributed by atoms with van der Waals surface area (Å²) in [4.78, 5) is 7.75. The van der Waals surface area contributed by atoms with Gasteiger partial charge in [-0.25, -0.2) is 4.98 Å². The second kappa shape index (κ2) is 8.06. The maximum Gasteiger partial charge on any atom is 0.416 e. The minimum atomic E-state index is -4.34. The number of rotatable bonds is 5. The molecule has 1 aliphatic heterocycles. The first-order valence-electron chi connectivity index (χ1n) is 9.71. The Morgan fingerprint density at radius 1 is 1.17 bits per heavy atom. The zero-order valence-electron chi connectivity index (χ0n) is 16.1. The van der Waals surface area contributed by atoms with Crippen molar-refractivity contribution in [2.24, 2.45) is 5.92 Å². The van der Waals surface area contributed by atoms with Crippen LogP contribution in [0.3, 0.4) is 0 Å². The fraction of sp³-hybridized carbons (Fsp3) is 0.409. The van der Waals surface area contributed by atoms with Gasteiger partial charge in [0.25, 0.3) is 0 Å². The Kier molecular flexibility index (Phi) is 5.50. The summed E-state index contributed by atoms with van der Waals surface area (Å²) in [6, 6.07) is 9.43. The summed E-state index contributed by atoms with van der Waals surface area (Å²) in [5, 5.41) is 0.920. The van der Waals surface area contributed by atoms with Gasteiger partial charge in [0.05, 0.1) is 18.9 Å². The zero-order valence-corrected chi connectivity index (χ0v) is 16.1. The average molecular weight is 404 g/mol. The van der Waals surface area contributed by atoms with E-state index in [0.717, 1.165) is 66.9 Å². The second-order valence-electron chi connectivity index (χ2n) is 7.50. The molecule has 7 heteroatoms. The van der Waals surface area contributed by atoms with Crippen LogP contribution in [0.15, 0.2) is 42.6 Å². The number of pyridine rings is 1. The molecule has 0 bridgehead atoms. The Balaban J connectivity index is 1.69. The molecule has 154 valence electrons. The quantitative estimate of drug-likeness (QED) is 0.607.